The van der Waals surface area contributed by atoms with E-state index in [1.54, 1.807) is 7.05 Å². The monoisotopic (exact) mass is 270 g/mol. The number of hydrogen-bond donors (Lipinski definition) is 2. The van der Waals surface area contributed by atoms with Gasteiger partial charge < -0.3 is 10.4 Å². The molecule has 4 nitrogen and oxygen atoms in total. The van der Waals surface area contributed by atoms with Gasteiger partial charge in [-0.05, 0) is 52.6 Å². The minimum absolute atomic E-state index is 0.294. The molecule has 1 aliphatic rings. The van der Waals surface area contributed by atoms with Crippen molar-refractivity contribution in [3.8, 4) is 0 Å². The molecule has 0 heterocycles. The quantitative estimate of drug-likeness (QED) is 0.598. The Bertz CT molecular complexity index is 290. The van der Waals surface area contributed by atoms with Crippen LogP contribution in [0.4, 0.5) is 0 Å². The lowest BCUT2D eigenvalue weighted by molar-refractivity contribution is -0.147. The van der Waals surface area contributed by atoms with Gasteiger partial charge in [-0.15, -0.1) is 0 Å². The molecule has 112 valence electrons. The summed E-state index contributed by atoms with van der Waals surface area (Å²) in [6.07, 6.45) is 5.64. The van der Waals surface area contributed by atoms with Crippen LogP contribution in [0.3, 0.4) is 0 Å². The van der Waals surface area contributed by atoms with E-state index in [9.17, 15) is 9.90 Å². The summed E-state index contributed by atoms with van der Waals surface area (Å²) in [7, 11) is 1.79. The number of unbranched alkanes of at least 4 members (excludes halogenated alkanes) is 2. The minimum Gasteiger partial charge on any atom is -0.480 e. The predicted molar refractivity (Wildman–Crippen MR) is 78.4 cm³/mol. The number of hydrogen-bond acceptors (Lipinski definition) is 3. The Morgan fingerprint density at radius 2 is 2.05 bits per heavy atom. The van der Waals surface area contributed by atoms with Crippen molar-refractivity contribution in [3.63, 3.8) is 0 Å². The first kappa shape index (κ1) is 16.4. The van der Waals surface area contributed by atoms with E-state index in [1.165, 1.54) is 12.8 Å². The molecular weight excluding hydrogens is 240 g/mol. The van der Waals surface area contributed by atoms with Crippen LogP contribution in [0.1, 0.15) is 52.9 Å². The number of aliphatic carboxylic acids is 1. The molecule has 0 spiro atoms. The van der Waals surface area contributed by atoms with Gasteiger partial charge in [0.25, 0.3) is 0 Å². The Balaban J connectivity index is 2.70. The van der Waals surface area contributed by atoms with Gasteiger partial charge >= 0.3 is 5.97 Å². The maximum absolute atomic E-state index is 11.7. The number of carboxylic acid groups (broad SMARTS) is 1. The summed E-state index contributed by atoms with van der Waals surface area (Å²) in [5.41, 5.74) is -0.753. The Morgan fingerprint density at radius 1 is 1.42 bits per heavy atom. The van der Waals surface area contributed by atoms with Gasteiger partial charge in [-0.1, -0.05) is 19.8 Å². The zero-order chi connectivity index (χ0) is 14.5. The van der Waals surface area contributed by atoms with Gasteiger partial charge in [0.2, 0.25) is 0 Å². The van der Waals surface area contributed by atoms with E-state index in [0.29, 0.717) is 18.5 Å². The van der Waals surface area contributed by atoms with Crippen LogP contribution in [0.25, 0.3) is 0 Å². The van der Waals surface area contributed by atoms with Crippen LogP contribution in [0, 0.1) is 5.92 Å². The zero-order valence-corrected chi connectivity index (χ0v) is 12.9. The Kier molecular flexibility index (Phi) is 6.27. The molecule has 0 amide bonds. The van der Waals surface area contributed by atoms with Crippen LogP contribution in [0.15, 0.2) is 0 Å². The summed E-state index contributed by atoms with van der Waals surface area (Å²) in [6.45, 7) is 8.11. The first-order valence-electron chi connectivity index (χ1n) is 7.64. The van der Waals surface area contributed by atoms with Crippen LogP contribution in [-0.4, -0.2) is 47.7 Å². The average Bonchev–Trinajstić information content (AvgIpc) is 3.17. The third-order valence-electron chi connectivity index (χ3n) is 4.33. The summed E-state index contributed by atoms with van der Waals surface area (Å²) in [5.74, 6) is -0.402. The number of nitrogens with zero attached hydrogens (tertiary/aromatic N) is 1. The number of likely N-dealkylation sites (N-methyl/N-ethyl adjacent to an activating group) is 1. The lowest BCUT2D eigenvalue weighted by Gasteiger charge is -2.37. The van der Waals surface area contributed by atoms with Gasteiger partial charge in [0.15, 0.2) is 0 Å². The lowest BCUT2D eigenvalue weighted by atomic mass is 9.92. The Hall–Kier alpha value is -0.610. The van der Waals surface area contributed by atoms with Gasteiger partial charge in [-0.2, -0.15) is 0 Å². The van der Waals surface area contributed by atoms with Gasteiger partial charge in [-0.3, -0.25) is 9.69 Å². The summed E-state index contributed by atoms with van der Waals surface area (Å²) >= 11 is 0. The normalized spacial score (nSPS) is 18.8. The van der Waals surface area contributed by atoms with Crippen molar-refractivity contribution in [1.82, 2.24) is 10.2 Å². The molecule has 0 aliphatic heterocycles. The van der Waals surface area contributed by atoms with E-state index in [4.69, 9.17) is 0 Å². The molecule has 1 rings (SSSR count). The first-order valence-corrected chi connectivity index (χ1v) is 7.64. The van der Waals surface area contributed by atoms with Crippen molar-refractivity contribution in [3.05, 3.63) is 0 Å². The molecule has 0 saturated heterocycles. The number of carbonyl (C=O) groups is 1. The van der Waals surface area contributed by atoms with E-state index in [1.807, 2.05) is 0 Å². The third-order valence-corrected chi connectivity index (χ3v) is 4.33. The largest absolute Gasteiger partial charge is 0.480 e. The molecule has 1 fully saturated rings. The highest BCUT2D eigenvalue weighted by molar-refractivity contribution is 5.80. The molecule has 1 atom stereocenters. The second-order valence-electron chi connectivity index (χ2n) is 6.07. The highest BCUT2D eigenvalue weighted by atomic mass is 16.4. The molecule has 0 aromatic heterocycles. The Labute approximate surface area is 117 Å². The van der Waals surface area contributed by atoms with Crippen molar-refractivity contribution in [2.45, 2.75) is 64.5 Å². The molecule has 0 radical (unpaired) electrons. The van der Waals surface area contributed by atoms with Crippen molar-refractivity contribution in [2.75, 3.05) is 20.1 Å². The summed E-state index contributed by atoms with van der Waals surface area (Å²) in [5, 5.41) is 12.8. The average molecular weight is 270 g/mol. The zero-order valence-electron chi connectivity index (χ0n) is 12.9. The minimum atomic E-state index is -0.753. The smallest absolute Gasteiger partial charge is 0.325 e. The molecule has 1 aliphatic carbocycles. The van der Waals surface area contributed by atoms with Gasteiger partial charge in [0.05, 0.1) is 0 Å². The summed E-state index contributed by atoms with van der Waals surface area (Å²) in [4.78, 5) is 14.1. The second kappa shape index (κ2) is 7.25. The molecule has 0 aromatic carbocycles. The molecule has 0 bridgehead atoms. The predicted octanol–water partition coefficient (Wildman–Crippen LogP) is 2.34. The molecular formula is C15H30N2O2. The molecule has 0 aromatic rings. The number of carboxylic acids is 1. The highest BCUT2D eigenvalue weighted by Gasteiger charge is 2.51. The summed E-state index contributed by atoms with van der Waals surface area (Å²) < 4.78 is 0. The Morgan fingerprint density at radius 3 is 2.42 bits per heavy atom. The molecule has 1 saturated carbocycles. The topological polar surface area (TPSA) is 52.6 Å². The SMILES string of the molecule is CCCCCN(CC(NC)(C(=O)O)C1CC1)C(C)C. The van der Waals surface area contributed by atoms with Crippen molar-refractivity contribution in [2.24, 2.45) is 5.92 Å². The maximum Gasteiger partial charge on any atom is 0.325 e. The van der Waals surface area contributed by atoms with Crippen LogP contribution in [0.2, 0.25) is 0 Å². The third kappa shape index (κ3) is 4.18. The fourth-order valence-electron chi connectivity index (χ4n) is 2.74. The fraction of sp³-hybridized carbons (Fsp3) is 0.933. The van der Waals surface area contributed by atoms with E-state index in [-0.39, 0.29) is 0 Å². The lowest BCUT2D eigenvalue weighted by Crippen LogP contribution is -2.60. The van der Waals surface area contributed by atoms with E-state index in [0.717, 1.165) is 25.8 Å². The highest BCUT2D eigenvalue weighted by Crippen LogP contribution is 2.40. The first-order chi connectivity index (χ1) is 8.97. The number of nitrogens with one attached hydrogen (secondary N) is 1. The van der Waals surface area contributed by atoms with E-state index >= 15 is 0 Å². The molecule has 2 N–H and O–H groups in total. The van der Waals surface area contributed by atoms with Crippen LogP contribution >= 0.6 is 0 Å². The standard InChI is InChI=1S/C15H30N2O2/c1-5-6-7-10-17(12(2)3)11-15(16-4,14(18)19)13-8-9-13/h12-13,16H,5-11H2,1-4H3,(H,18,19). The van der Waals surface area contributed by atoms with Gasteiger partial charge in [-0.25, -0.2) is 0 Å². The summed E-state index contributed by atoms with van der Waals surface area (Å²) in [6, 6.07) is 0.391. The van der Waals surface area contributed by atoms with Crippen molar-refractivity contribution in [1.29, 1.82) is 0 Å². The molecule has 1 unspecified atom stereocenters. The van der Waals surface area contributed by atoms with Crippen LogP contribution in [-0.2, 0) is 4.79 Å². The van der Waals surface area contributed by atoms with Crippen LogP contribution < -0.4 is 5.32 Å². The van der Waals surface area contributed by atoms with E-state index in [2.05, 4.69) is 31.0 Å². The maximum atomic E-state index is 11.7. The number of rotatable bonds is 10. The van der Waals surface area contributed by atoms with Crippen LogP contribution in [0.5, 0.6) is 0 Å². The molecule has 4 heteroatoms. The fourth-order valence-corrected chi connectivity index (χ4v) is 2.74. The van der Waals surface area contributed by atoms with E-state index < -0.39 is 11.5 Å². The van der Waals surface area contributed by atoms with Gasteiger partial charge in [0, 0.05) is 12.6 Å². The molecule has 19 heavy (non-hydrogen) atoms. The van der Waals surface area contributed by atoms with Gasteiger partial charge in [0.1, 0.15) is 5.54 Å². The van der Waals surface area contributed by atoms with Crippen molar-refractivity contribution < 1.29 is 9.90 Å². The second-order valence-corrected chi connectivity index (χ2v) is 6.07. The van der Waals surface area contributed by atoms with Crippen molar-refractivity contribution >= 4 is 5.97 Å².